The van der Waals surface area contributed by atoms with Crippen molar-refractivity contribution < 1.29 is 9.53 Å². The number of amides is 1. The van der Waals surface area contributed by atoms with E-state index in [4.69, 9.17) is 4.74 Å². The minimum absolute atomic E-state index is 0.0802. The van der Waals surface area contributed by atoms with Gasteiger partial charge >= 0.3 is 0 Å². The summed E-state index contributed by atoms with van der Waals surface area (Å²) in [4.78, 5) is 23.0. The molecule has 31 heavy (non-hydrogen) atoms. The molecule has 8 heteroatoms. The SMILES string of the molecule is CNCC(=O)Nc1ccc(-c2ccnc(Nc3ccc(N4CCOCC4)cc3)n2)cc1. The van der Waals surface area contributed by atoms with E-state index in [0.717, 1.165) is 48.9 Å². The van der Waals surface area contributed by atoms with E-state index in [0.29, 0.717) is 5.95 Å². The summed E-state index contributed by atoms with van der Waals surface area (Å²) in [5, 5.41) is 8.93. The lowest BCUT2D eigenvalue weighted by Gasteiger charge is -2.28. The van der Waals surface area contributed by atoms with Gasteiger partial charge in [0.2, 0.25) is 11.9 Å². The highest BCUT2D eigenvalue weighted by atomic mass is 16.5. The minimum atomic E-state index is -0.0802. The van der Waals surface area contributed by atoms with Gasteiger partial charge in [0.1, 0.15) is 0 Å². The number of carbonyl (C=O) groups is 1. The number of likely N-dealkylation sites (N-methyl/N-ethyl adjacent to an activating group) is 1. The van der Waals surface area contributed by atoms with Gasteiger partial charge in [0.05, 0.1) is 25.5 Å². The van der Waals surface area contributed by atoms with Crippen LogP contribution in [-0.2, 0) is 9.53 Å². The van der Waals surface area contributed by atoms with Gasteiger partial charge in [-0.15, -0.1) is 0 Å². The summed E-state index contributed by atoms with van der Waals surface area (Å²) in [6.07, 6.45) is 1.73. The smallest absolute Gasteiger partial charge is 0.238 e. The number of morpholine rings is 1. The summed E-state index contributed by atoms with van der Waals surface area (Å²) in [5.41, 5.74) is 4.61. The highest BCUT2D eigenvalue weighted by molar-refractivity contribution is 5.92. The summed E-state index contributed by atoms with van der Waals surface area (Å²) >= 11 is 0. The maximum Gasteiger partial charge on any atom is 0.238 e. The first-order valence-corrected chi connectivity index (χ1v) is 10.3. The van der Waals surface area contributed by atoms with E-state index >= 15 is 0 Å². The van der Waals surface area contributed by atoms with Crippen molar-refractivity contribution in [1.29, 1.82) is 0 Å². The second-order valence-corrected chi connectivity index (χ2v) is 7.19. The molecule has 1 saturated heterocycles. The van der Waals surface area contributed by atoms with E-state index in [1.807, 2.05) is 42.5 Å². The molecular weight excluding hydrogens is 392 g/mol. The first-order chi connectivity index (χ1) is 15.2. The maximum atomic E-state index is 11.7. The quantitative estimate of drug-likeness (QED) is 0.543. The van der Waals surface area contributed by atoms with E-state index in [1.54, 1.807) is 13.2 Å². The Morgan fingerprint density at radius 2 is 1.71 bits per heavy atom. The Balaban J connectivity index is 1.41. The van der Waals surface area contributed by atoms with Gasteiger partial charge in [0.15, 0.2) is 0 Å². The molecule has 1 aliphatic rings. The molecule has 160 valence electrons. The Kier molecular flexibility index (Phi) is 6.71. The van der Waals surface area contributed by atoms with Crippen molar-refractivity contribution in [3.05, 3.63) is 60.8 Å². The molecule has 1 aromatic heterocycles. The highest BCUT2D eigenvalue weighted by Crippen LogP contribution is 2.23. The van der Waals surface area contributed by atoms with E-state index < -0.39 is 0 Å². The van der Waals surface area contributed by atoms with Crippen LogP contribution in [0.25, 0.3) is 11.3 Å². The van der Waals surface area contributed by atoms with Crippen molar-refractivity contribution >= 4 is 28.9 Å². The molecule has 0 saturated carbocycles. The summed E-state index contributed by atoms with van der Waals surface area (Å²) in [6, 6.07) is 17.7. The number of anilines is 4. The van der Waals surface area contributed by atoms with Crippen molar-refractivity contribution in [2.24, 2.45) is 0 Å². The molecule has 8 nitrogen and oxygen atoms in total. The van der Waals surface area contributed by atoms with Crippen LogP contribution in [0.1, 0.15) is 0 Å². The standard InChI is InChI=1S/C23H26N6O2/c1-24-16-22(30)26-18-4-2-17(3-5-18)21-10-11-25-23(28-21)27-19-6-8-20(9-7-19)29-12-14-31-15-13-29/h2-11,24H,12-16H2,1H3,(H,26,30)(H,25,27,28). The van der Waals surface area contributed by atoms with Crippen molar-refractivity contribution in [2.75, 3.05) is 55.4 Å². The zero-order valence-corrected chi connectivity index (χ0v) is 17.5. The van der Waals surface area contributed by atoms with Crippen LogP contribution < -0.4 is 20.9 Å². The number of hydrogen-bond acceptors (Lipinski definition) is 7. The van der Waals surface area contributed by atoms with Crippen LogP contribution in [-0.4, -0.2) is 55.8 Å². The van der Waals surface area contributed by atoms with Crippen molar-refractivity contribution in [3.8, 4) is 11.3 Å². The van der Waals surface area contributed by atoms with E-state index in [1.165, 1.54) is 5.69 Å². The predicted octanol–water partition coefficient (Wildman–Crippen LogP) is 2.88. The second-order valence-electron chi connectivity index (χ2n) is 7.19. The molecule has 2 aromatic carbocycles. The van der Waals surface area contributed by atoms with E-state index in [2.05, 4.69) is 43.0 Å². The molecule has 4 rings (SSSR count). The zero-order chi connectivity index (χ0) is 21.5. The fourth-order valence-corrected chi connectivity index (χ4v) is 3.38. The fraction of sp³-hybridized carbons (Fsp3) is 0.261. The Labute approximate surface area is 181 Å². The molecule has 1 aliphatic heterocycles. The van der Waals surface area contributed by atoms with Gasteiger partial charge < -0.3 is 25.6 Å². The van der Waals surface area contributed by atoms with Gasteiger partial charge in [-0.25, -0.2) is 9.97 Å². The number of nitrogens with zero attached hydrogens (tertiary/aromatic N) is 3. The first kappa shape index (κ1) is 20.8. The van der Waals surface area contributed by atoms with Crippen LogP contribution in [0.2, 0.25) is 0 Å². The average Bonchev–Trinajstić information content (AvgIpc) is 2.81. The molecular formula is C23H26N6O2. The van der Waals surface area contributed by atoms with Gasteiger partial charge in [-0.3, -0.25) is 4.79 Å². The highest BCUT2D eigenvalue weighted by Gasteiger charge is 2.11. The lowest BCUT2D eigenvalue weighted by atomic mass is 10.1. The Morgan fingerprint density at radius 3 is 2.42 bits per heavy atom. The molecule has 0 radical (unpaired) electrons. The van der Waals surface area contributed by atoms with Gasteiger partial charge in [-0.2, -0.15) is 0 Å². The normalized spacial score (nSPS) is 13.6. The number of aromatic nitrogens is 2. The summed E-state index contributed by atoms with van der Waals surface area (Å²) in [5.74, 6) is 0.450. The molecule has 1 amide bonds. The third-order valence-corrected chi connectivity index (χ3v) is 4.96. The lowest BCUT2D eigenvalue weighted by Crippen LogP contribution is -2.36. The number of benzene rings is 2. The number of hydrogen-bond donors (Lipinski definition) is 3. The van der Waals surface area contributed by atoms with Crippen LogP contribution in [0.3, 0.4) is 0 Å². The maximum absolute atomic E-state index is 11.7. The van der Waals surface area contributed by atoms with Crippen LogP contribution >= 0.6 is 0 Å². The predicted molar refractivity (Wildman–Crippen MR) is 123 cm³/mol. The van der Waals surface area contributed by atoms with E-state index in [9.17, 15) is 4.79 Å². The third-order valence-electron chi connectivity index (χ3n) is 4.96. The molecule has 2 heterocycles. The topological polar surface area (TPSA) is 91.4 Å². The summed E-state index contributed by atoms with van der Waals surface area (Å²) in [7, 11) is 1.74. The molecule has 0 atom stereocenters. The number of nitrogens with one attached hydrogen (secondary N) is 3. The Bertz CT molecular complexity index is 1000. The molecule has 0 aliphatic carbocycles. The molecule has 0 spiro atoms. The molecule has 3 aromatic rings. The van der Waals surface area contributed by atoms with Crippen molar-refractivity contribution in [2.45, 2.75) is 0 Å². The van der Waals surface area contributed by atoms with Crippen LogP contribution in [0.4, 0.5) is 23.0 Å². The molecule has 1 fully saturated rings. The van der Waals surface area contributed by atoms with Gasteiger partial charge in [-0.1, -0.05) is 12.1 Å². The Morgan fingerprint density at radius 1 is 1.00 bits per heavy atom. The second kappa shape index (κ2) is 10.0. The summed E-state index contributed by atoms with van der Waals surface area (Å²) < 4.78 is 5.41. The Hall–Kier alpha value is -3.49. The molecule has 3 N–H and O–H groups in total. The number of carbonyl (C=O) groups excluding carboxylic acids is 1. The number of rotatable bonds is 7. The van der Waals surface area contributed by atoms with Crippen molar-refractivity contribution in [3.63, 3.8) is 0 Å². The zero-order valence-electron chi connectivity index (χ0n) is 17.5. The van der Waals surface area contributed by atoms with Crippen molar-refractivity contribution in [1.82, 2.24) is 15.3 Å². The lowest BCUT2D eigenvalue weighted by molar-refractivity contribution is -0.115. The third kappa shape index (κ3) is 5.56. The first-order valence-electron chi connectivity index (χ1n) is 10.3. The minimum Gasteiger partial charge on any atom is -0.378 e. The average molecular weight is 419 g/mol. The molecule has 0 bridgehead atoms. The van der Waals surface area contributed by atoms with Gasteiger partial charge in [0.25, 0.3) is 0 Å². The van der Waals surface area contributed by atoms with Gasteiger partial charge in [0, 0.05) is 41.9 Å². The van der Waals surface area contributed by atoms with Crippen LogP contribution in [0.15, 0.2) is 60.8 Å². The largest absolute Gasteiger partial charge is 0.378 e. The van der Waals surface area contributed by atoms with Gasteiger partial charge in [-0.05, 0) is 49.5 Å². The monoisotopic (exact) mass is 418 g/mol. The van der Waals surface area contributed by atoms with Crippen LogP contribution in [0.5, 0.6) is 0 Å². The number of ether oxygens (including phenoxy) is 1. The van der Waals surface area contributed by atoms with E-state index in [-0.39, 0.29) is 12.5 Å². The summed E-state index contributed by atoms with van der Waals surface area (Å²) in [6.45, 7) is 3.63. The van der Waals surface area contributed by atoms with Crippen LogP contribution in [0, 0.1) is 0 Å². The fourth-order valence-electron chi connectivity index (χ4n) is 3.38. The molecule has 0 unspecified atom stereocenters.